The van der Waals surface area contributed by atoms with Gasteiger partial charge in [-0.15, -0.1) is 0 Å². The molecule has 0 spiro atoms. The van der Waals surface area contributed by atoms with Gasteiger partial charge in [0, 0.05) is 11.7 Å². The molecule has 0 saturated carbocycles. The topological polar surface area (TPSA) is 83.5 Å². The van der Waals surface area contributed by atoms with Crippen LogP contribution >= 0.6 is 0 Å². The highest BCUT2D eigenvalue weighted by Crippen LogP contribution is 2.31. The molecule has 110 valence electrons. The monoisotopic (exact) mass is 297 g/mol. The summed E-state index contributed by atoms with van der Waals surface area (Å²) in [7, 11) is -2.96. The molecule has 2 N–H and O–H groups in total. The minimum absolute atomic E-state index is 0.106. The van der Waals surface area contributed by atoms with E-state index in [0.29, 0.717) is 17.7 Å². The standard InChI is InChI=1S/C14H19NO4S/c1-14(2,13(16)17)11-5-3-4-6-12(11)15-10-7-8-20(18,19)9-10/h3-6,10,15H,7-9H2,1-2H3,(H,16,17). The fourth-order valence-electron chi connectivity index (χ4n) is 2.40. The molecule has 20 heavy (non-hydrogen) atoms. The van der Waals surface area contributed by atoms with Gasteiger partial charge in [0.05, 0.1) is 16.9 Å². The van der Waals surface area contributed by atoms with Crippen LogP contribution in [-0.4, -0.2) is 37.0 Å². The zero-order valence-electron chi connectivity index (χ0n) is 11.6. The molecule has 0 bridgehead atoms. The van der Waals surface area contributed by atoms with Crippen molar-refractivity contribution in [2.75, 3.05) is 16.8 Å². The Morgan fingerprint density at radius 3 is 2.55 bits per heavy atom. The molecule has 1 aromatic carbocycles. The molecule has 1 aromatic rings. The van der Waals surface area contributed by atoms with Gasteiger partial charge >= 0.3 is 5.97 Å². The number of benzene rings is 1. The zero-order valence-corrected chi connectivity index (χ0v) is 12.4. The largest absolute Gasteiger partial charge is 0.481 e. The molecule has 5 nitrogen and oxygen atoms in total. The van der Waals surface area contributed by atoms with Crippen LogP contribution in [0.15, 0.2) is 24.3 Å². The maximum absolute atomic E-state index is 11.5. The van der Waals surface area contributed by atoms with Crippen LogP contribution in [0, 0.1) is 0 Å². The Morgan fingerprint density at radius 2 is 2.00 bits per heavy atom. The molecule has 1 aliphatic rings. The van der Waals surface area contributed by atoms with Gasteiger partial charge in [-0.25, -0.2) is 8.42 Å². The van der Waals surface area contributed by atoms with Crippen LogP contribution in [0.1, 0.15) is 25.8 Å². The molecule has 0 amide bonds. The third-order valence-corrected chi connectivity index (χ3v) is 5.50. The quantitative estimate of drug-likeness (QED) is 0.883. The average molecular weight is 297 g/mol. The molecule has 1 unspecified atom stereocenters. The van der Waals surface area contributed by atoms with Crippen molar-refractivity contribution in [2.24, 2.45) is 0 Å². The van der Waals surface area contributed by atoms with Gasteiger partial charge in [0.25, 0.3) is 0 Å². The lowest BCUT2D eigenvalue weighted by molar-refractivity contribution is -0.142. The maximum atomic E-state index is 11.5. The van der Waals surface area contributed by atoms with E-state index in [9.17, 15) is 18.3 Å². The van der Waals surface area contributed by atoms with Crippen molar-refractivity contribution < 1.29 is 18.3 Å². The predicted molar refractivity (Wildman–Crippen MR) is 77.8 cm³/mol. The number of anilines is 1. The third-order valence-electron chi connectivity index (χ3n) is 3.73. The molecule has 1 fully saturated rings. The highest BCUT2D eigenvalue weighted by Gasteiger charge is 2.33. The van der Waals surface area contributed by atoms with Crippen LogP contribution in [0.3, 0.4) is 0 Å². The van der Waals surface area contributed by atoms with Gasteiger partial charge < -0.3 is 10.4 Å². The van der Waals surface area contributed by atoms with Crippen LogP contribution in [0.2, 0.25) is 0 Å². The first-order valence-corrected chi connectivity index (χ1v) is 8.34. The van der Waals surface area contributed by atoms with E-state index in [1.165, 1.54) is 0 Å². The number of carbonyl (C=O) groups is 1. The van der Waals surface area contributed by atoms with Crippen molar-refractivity contribution in [1.82, 2.24) is 0 Å². The Hall–Kier alpha value is -1.56. The van der Waals surface area contributed by atoms with Crippen molar-refractivity contribution >= 4 is 21.5 Å². The maximum Gasteiger partial charge on any atom is 0.313 e. The Morgan fingerprint density at radius 1 is 1.35 bits per heavy atom. The number of hydrogen-bond acceptors (Lipinski definition) is 4. The van der Waals surface area contributed by atoms with E-state index in [2.05, 4.69) is 5.32 Å². The van der Waals surface area contributed by atoms with Crippen molar-refractivity contribution in [3.8, 4) is 0 Å². The van der Waals surface area contributed by atoms with E-state index in [-0.39, 0.29) is 17.5 Å². The Labute approximate surface area is 118 Å². The highest BCUT2D eigenvalue weighted by molar-refractivity contribution is 7.91. The van der Waals surface area contributed by atoms with Gasteiger partial charge in [0.1, 0.15) is 0 Å². The normalized spacial score (nSPS) is 21.6. The van der Waals surface area contributed by atoms with E-state index < -0.39 is 21.2 Å². The molecule has 0 aliphatic carbocycles. The molecular weight excluding hydrogens is 278 g/mol. The first kappa shape index (κ1) is 14.8. The lowest BCUT2D eigenvalue weighted by atomic mass is 9.83. The van der Waals surface area contributed by atoms with Crippen molar-refractivity contribution in [2.45, 2.75) is 31.7 Å². The lowest BCUT2D eigenvalue weighted by Crippen LogP contribution is -2.31. The predicted octanol–water partition coefficient (Wildman–Crippen LogP) is 1.65. The summed E-state index contributed by atoms with van der Waals surface area (Å²) >= 11 is 0. The number of hydrogen-bond donors (Lipinski definition) is 2. The smallest absolute Gasteiger partial charge is 0.313 e. The summed E-state index contributed by atoms with van der Waals surface area (Å²) < 4.78 is 23.0. The lowest BCUT2D eigenvalue weighted by Gasteiger charge is -2.25. The van der Waals surface area contributed by atoms with Gasteiger partial charge in [0.2, 0.25) is 0 Å². The number of rotatable bonds is 4. The fraction of sp³-hybridized carbons (Fsp3) is 0.500. The number of nitrogens with one attached hydrogen (secondary N) is 1. The van der Waals surface area contributed by atoms with Gasteiger partial charge in [-0.3, -0.25) is 4.79 Å². The highest BCUT2D eigenvalue weighted by atomic mass is 32.2. The summed E-state index contributed by atoms with van der Waals surface area (Å²) in [5, 5.41) is 12.5. The van der Waals surface area contributed by atoms with Crippen LogP contribution in [0.25, 0.3) is 0 Å². The van der Waals surface area contributed by atoms with E-state index in [4.69, 9.17) is 0 Å². The first-order chi connectivity index (χ1) is 9.22. The molecule has 1 aliphatic heterocycles. The van der Waals surface area contributed by atoms with Crippen LogP contribution < -0.4 is 5.32 Å². The Balaban J connectivity index is 2.28. The van der Waals surface area contributed by atoms with Crippen LogP contribution in [0.4, 0.5) is 5.69 Å². The summed E-state index contributed by atoms with van der Waals surface area (Å²) in [5.41, 5.74) is 0.333. The molecule has 0 radical (unpaired) electrons. The van der Waals surface area contributed by atoms with Gasteiger partial charge in [-0.1, -0.05) is 18.2 Å². The summed E-state index contributed by atoms with van der Waals surface area (Å²) in [6, 6.07) is 7.01. The number of carboxylic acids is 1. The molecule has 6 heteroatoms. The Bertz CT molecular complexity index is 622. The van der Waals surface area contributed by atoms with E-state index in [1.807, 2.05) is 6.07 Å². The number of carboxylic acid groups (broad SMARTS) is 1. The van der Waals surface area contributed by atoms with E-state index in [0.717, 1.165) is 0 Å². The first-order valence-electron chi connectivity index (χ1n) is 6.52. The molecule has 0 aromatic heterocycles. The summed E-state index contributed by atoms with van der Waals surface area (Å²) in [6.07, 6.45) is 0.560. The second kappa shape index (κ2) is 5.09. The third kappa shape index (κ3) is 2.95. The van der Waals surface area contributed by atoms with Crippen LogP contribution in [-0.2, 0) is 20.0 Å². The van der Waals surface area contributed by atoms with Crippen molar-refractivity contribution in [3.05, 3.63) is 29.8 Å². The second-order valence-electron chi connectivity index (χ2n) is 5.72. The SMILES string of the molecule is CC(C)(C(=O)O)c1ccccc1NC1CCS(=O)(=O)C1. The minimum Gasteiger partial charge on any atom is -0.481 e. The summed E-state index contributed by atoms with van der Waals surface area (Å²) in [4.78, 5) is 11.4. The zero-order chi connectivity index (χ0) is 15.0. The molecule has 2 rings (SSSR count). The number of aliphatic carboxylic acids is 1. The summed E-state index contributed by atoms with van der Waals surface area (Å²) in [5.74, 6) is -0.616. The van der Waals surface area contributed by atoms with Gasteiger partial charge in [0.15, 0.2) is 9.84 Å². The van der Waals surface area contributed by atoms with Crippen molar-refractivity contribution in [1.29, 1.82) is 0 Å². The van der Waals surface area contributed by atoms with Crippen LogP contribution in [0.5, 0.6) is 0 Å². The molecular formula is C14H19NO4S. The number of sulfone groups is 1. The second-order valence-corrected chi connectivity index (χ2v) is 7.95. The molecule has 1 heterocycles. The Kier molecular flexibility index (Phi) is 3.77. The van der Waals surface area contributed by atoms with Crippen molar-refractivity contribution in [3.63, 3.8) is 0 Å². The minimum atomic E-state index is -2.96. The van der Waals surface area contributed by atoms with Gasteiger partial charge in [-0.05, 0) is 31.9 Å². The molecule has 1 atom stereocenters. The van der Waals surface area contributed by atoms with Gasteiger partial charge in [-0.2, -0.15) is 0 Å². The van der Waals surface area contributed by atoms with E-state index in [1.54, 1.807) is 32.0 Å². The summed E-state index contributed by atoms with van der Waals surface area (Å²) in [6.45, 7) is 3.28. The number of para-hydroxylation sites is 1. The van der Waals surface area contributed by atoms with E-state index >= 15 is 0 Å². The fourth-order valence-corrected chi connectivity index (χ4v) is 4.07. The molecule has 1 saturated heterocycles. The average Bonchev–Trinajstić information content (AvgIpc) is 2.69.